The van der Waals surface area contributed by atoms with Crippen molar-refractivity contribution in [3.63, 3.8) is 0 Å². The van der Waals surface area contributed by atoms with E-state index >= 15 is 0 Å². The normalized spacial score (nSPS) is 21.4. The molecule has 0 aromatic carbocycles. The van der Waals surface area contributed by atoms with Crippen LogP contribution in [0.2, 0.25) is 0 Å². The minimum Gasteiger partial charge on any atom is -0.453 e. The number of aliphatic hydroxyl groups excluding tert-OH is 2. The first-order chi connectivity index (χ1) is 10.4. The lowest BCUT2D eigenvalue weighted by Gasteiger charge is -2.38. The SMILES string of the molecule is CCCCCCNC(=O)N1C=C(F)C(O)N(C(=O)OC)C1O. The van der Waals surface area contributed by atoms with E-state index in [4.69, 9.17) is 0 Å². The van der Waals surface area contributed by atoms with Crippen LogP contribution < -0.4 is 5.32 Å². The van der Waals surface area contributed by atoms with Gasteiger partial charge in [0.15, 0.2) is 12.1 Å². The van der Waals surface area contributed by atoms with Gasteiger partial charge in [0.1, 0.15) is 0 Å². The van der Waals surface area contributed by atoms with Crippen molar-refractivity contribution < 1.29 is 28.9 Å². The number of nitrogens with one attached hydrogen (secondary N) is 1. The van der Waals surface area contributed by atoms with E-state index in [2.05, 4.69) is 17.0 Å². The first kappa shape index (κ1) is 18.2. The fraction of sp³-hybridized carbons (Fsp3) is 0.692. The summed E-state index contributed by atoms with van der Waals surface area (Å²) in [6.07, 6.45) is -0.596. The van der Waals surface area contributed by atoms with Gasteiger partial charge in [-0.05, 0) is 6.42 Å². The Morgan fingerprint density at radius 3 is 2.64 bits per heavy atom. The summed E-state index contributed by atoms with van der Waals surface area (Å²) in [6.45, 7) is 2.42. The zero-order chi connectivity index (χ0) is 16.7. The van der Waals surface area contributed by atoms with Crippen LogP contribution in [0, 0.1) is 0 Å². The molecule has 2 atom stereocenters. The first-order valence-electron chi connectivity index (χ1n) is 7.09. The molecule has 3 amide bonds. The molecular weight excluding hydrogens is 297 g/mol. The van der Waals surface area contributed by atoms with Gasteiger partial charge in [-0.25, -0.2) is 18.9 Å². The van der Waals surface area contributed by atoms with Crippen molar-refractivity contribution in [3.05, 3.63) is 12.0 Å². The van der Waals surface area contributed by atoms with E-state index in [0.717, 1.165) is 32.8 Å². The topological polar surface area (TPSA) is 102 Å². The summed E-state index contributed by atoms with van der Waals surface area (Å²) in [5.74, 6) is -1.16. The molecule has 0 saturated heterocycles. The average molecular weight is 319 g/mol. The van der Waals surface area contributed by atoms with Crippen molar-refractivity contribution in [3.8, 4) is 0 Å². The van der Waals surface area contributed by atoms with Gasteiger partial charge in [0, 0.05) is 12.7 Å². The molecular formula is C13H22FN3O5. The average Bonchev–Trinajstić information content (AvgIpc) is 2.50. The largest absolute Gasteiger partial charge is 0.453 e. The molecule has 1 heterocycles. The third kappa shape index (κ3) is 4.31. The van der Waals surface area contributed by atoms with E-state index in [0.29, 0.717) is 22.5 Å². The van der Waals surface area contributed by atoms with Gasteiger partial charge in [0.25, 0.3) is 0 Å². The number of hydrogen-bond donors (Lipinski definition) is 3. The molecule has 1 aliphatic rings. The number of ether oxygens (including phenoxy) is 1. The lowest BCUT2D eigenvalue weighted by molar-refractivity contribution is -0.134. The van der Waals surface area contributed by atoms with E-state index in [-0.39, 0.29) is 0 Å². The van der Waals surface area contributed by atoms with Gasteiger partial charge in [-0.1, -0.05) is 26.2 Å². The molecule has 9 heteroatoms. The highest BCUT2D eigenvalue weighted by molar-refractivity contribution is 5.77. The van der Waals surface area contributed by atoms with Crippen molar-refractivity contribution in [2.45, 2.75) is 45.2 Å². The molecule has 0 radical (unpaired) electrons. The quantitative estimate of drug-likeness (QED) is 0.658. The van der Waals surface area contributed by atoms with Crippen molar-refractivity contribution in [2.24, 2.45) is 0 Å². The third-order valence-corrected chi connectivity index (χ3v) is 3.20. The summed E-state index contributed by atoms with van der Waals surface area (Å²) in [5, 5.41) is 22.0. The van der Waals surface area contributed by atoms with Gasteiger partial charge in [-0.2, -0.15) is 0 Å². The summed E-state index contributed by atoms with van der Waals surface area (Å²) in [5.41, 5.74) is 0. The molecule has 126 valence electrons. The van der Waals surface area contributed by atoms with Crippen LogP contribution in [0.1, 0.15) is 32.6 Å². The molecule has 1 rings (SSSR count). The van der Waals surface area contributed by atoms with Crippen LogP contribution in [0.25, 0.3) is 0 Å². The van der Waals surface area contributed by atoms with Gasteiger partial charge < -0.3 is 20.3 Å². The highest BCUT2D eigenvalue weighted by atomic mass is 19.1. The van der Waals surface area contributed by atoms with Gasteiger partial charge in [-0.3, -0.25) is 4.90 Å². The lowest BCUT2D eigenvalue weighted by Crippen LogP contribution is -2.60. The Hall–Kier alpha value is -1.87. The number of unbranched alkanes of at least 4 members (excludes halogenated alkanes) is 3. The number of methoxy groups -OCH3 is 1. The number of rotatable bonds is 5. The standard InChI is InChI=1S/C13H22FN3O5/c1-3-4-5-6-7-15-11(19)16-8-9(14)10(18)17(12(16)20)13(21)22-2/h8,10,12,18,20H,3-7H2,1-2H3,(H,15,19). The van der Waals surface area contributed by atoms with Gasteiger partial charge in [-0.15, -0.1) is 0 Å². The molecule has 0 aromatic rings. The Balaban J connectivity index is 2.68. The fourth-order valence-electron chi connectivity index (χ4n) is 1.96. The number of amides is 3. The Morgan fingerprint density at radius 1 is 1.36 bits per heavy atom. The van der Waals surface area contributed by atoms with Gasteiger partial charge in [0.05, 0.1) is 7.11 Å². The van der Waals surface area contributed by atoms with Gasteiger partial charge in [0.2, 0.25) is 6.35 Å². The van der Waals surface area contributed by atoms with Gasteiger partial charge >= 0.3 is 12.1 Å². The molecule has 22 heavy (non-hydrogen) atoms. The maximum Gasteiger partial charge on any atom is 0.415 e. The van der Waals surface area contributed by atoms with Crippen molar-refractivity contribution in [2.75, 3.05) is 13.7 Å². The van der Waals surface area contributed by atoms with Crippen molar-refractivity contribution in [1.29, 1.82) is 0 Å². The maximum atomic E-state index is 13.6. The number of aliphatic hydroxyl groups is 2. The Bertz CT molecular complexity index is 432. The van der Waals surface area contributed by atoms with E-state index in [9.17, 15) is 24.2 Å². The van der Waals surface area contributed by atoms with Crippen LogP contribution in [-0.4, -0.2) is 58.4 Å². The summed E-state index contributed by atoms with van der Waals surface area (Å²) < 4.78 is 18.0. The van der Waals surface area contributed by atoms with Crippen LogP contribution in [0.15, 0.2) is 12.0 Å². The zero-order valence-corrected chi connectivity index (χ0v) is 12.7. The summed E-state index contributed by atoms with van der Waals surface area (Å²) >= 11 is 0. The summed E-state index contributed by atoms with van der Waals surface area (Å²) in [7, 11) is 1.01. The third-order valence-electron chi connectivity index (χ3n) is 3.20. The van der Waals surface area contributed by atoms with E-state index in [1.165, 1.54) is 0 Å². The maximum absolute atomic E-state index is 13.6. The molecule has 0 fully saturated rings. The second-order valence-corrected chi connectivity index (χ2v) is 4.81. The molecule has 0 spiro atoms. The van der Waals surface area contributed by atoms with E-state index in [1.807, 2.05) is 0 Å². The van der Waals surface area contributed by atoms with E-state index in [1.54, 1.807) is 0 Å². The second kappa shape index (κ2) is 8.54. The highest BCUT2D eigenvalue weighted by Gasteiger charge is 2.41. The predicted molar refractivity (Wildman–Crippen MR) is 74.8 cm³/mol. The molecule has 0 aliphatic carbocycles. The van der Waals surface area contributed by atoms with Crippen LogP contribution in [0.5, 0.6) is 0 Å². The number of urea groups is 1. The smallest absolute Gasteiger partial charge is 0.415 e. The number of halogens is 1. The number of nitrogens with zero attached hydrogens (tertiary/aromatic N) is 2. The number of carbonyl (C=O) groups excluding carboxylic acids is 2. The minimum atomic E-state index is -2.00. The Morgan fingerprint density at radius 2 is 2.05 bits per heavy atom. The fourth-order valence-corrected chi connectivity index (χ4v) is 1.96. The molecule has 0 aromatic heterocycles. The van der Waals surface area contributed by atoms with E-state index < -0.39 is 30.5 Å². The lowest BCUT2D eigenvalue weighted by atomic mass is 10.2. The minimum absolute atomic E-state index is 0.312. The first-order valence-corrected chi connectivity index (χ1v) is 7.09. The number of hydrogen-bond acceptors (Lipinski definition) is 5. The summed E-state index contributed by atoms with van der Waals surface area (Å²) in [4.78, 5) is 24.3. The second-order valence-electron chi connectivity index (χ2n) is 4.81. The predicted octanol–water partition coefficient (Wildman–Crippen LogP) is 1.07. The van der Waals surface area contributed by atoms with Crippen LogP contribution >= 0.6 is 0 Å². The molecule has 0 bridgehead atoms. The zero-order valence-electron chi connectivity index (χ0n) is 12.7. The van der Waals surface area contributed by atoms with Crippen LogP contribution in [-0.2, 0) is 4.74 Å². The Labute approximate surface area is 128 Å². The van der Waals surface area contributed by atoms with Crippen molar-refractivity contribution in [1.82, 2.24) is 15.1 Å². The summed E-state index contributed by atoms with van der Waals surface area (Å²) in [6, 6.07) is -0.778. The number of carbonyl (C=O) groups is 2. The molecule has 3 N–H and O–H groups in total. The van der Waals surface area contributed by atoms with Crippen molar-refractivity contribution >= 4 is 12.1 Å². The molecule has 2 unspecified atom stereocenters. The molecule has 1 aliphatic heterocycles. The highest BCUT2D eigenvalue weighted by Crippen LogP contribution is 2.22. The van der Waals surface area contributed by atoms with Crippen LogP contribution in [0.3, 0.4) is 0 Å². The molecule has 8 nitrogen and oxygen atoms in total. The van der Waals surface area contributed by atoms with Crippen LogP contribution in [0.4, 0.5) is 14.0 Å². The monoisotopic (exact) mass is 319 g/mol. The molecule has 0 saturated carbocycles. The Kier molecular flexibility index (Phi) is 7.06.